The normalized spacial score (nSPS) is 51.2. The molecule has 2 aliphatic heterocycles. The molecular formula is C8H15NO4. The van der Waals surface area contributed by atoms with E-state index in [4.69, 9.17) is 5.11 Å². The molecule has 76 valence electrons. The quantitative estimate of drug-likeness (QED) is 0.367. The molecule has 13 heavy (non-hydrogen) atoms. The maximum Gasteiger partial charge on any atom is 0.0991 e. The Bertz CT molecular complexity index is 199. The van der Waals surface area contributed by atoms with E-state index in [1.165, 1.54) is 0 Å². The number of rotatable bonds is 1. The van der Waals surface area contributed by atoms with Crippen molar-refractivity contribution in [3.05, 3.63) is 0 Å². The Morgan fingerprint density at radius 1 is 1.15 bits per heavy atom. The lowest BCUT2D eigenvalue weighted by molar-refractivity contribution is 0.00859. The van der Waals surface area contributed by atoms with Crippen molar-refractivity contribution in [1.82, 2.24) is 4.90 Å². The van der Waals surface area contributed by atoms with E-state index in [0.29, 0.717) is 13.0 Å². The number of aliphatic hydroxyl groups excluding tert-OH is 4. The molecule has 0 radical (unpaired) electrons. The Balaban J connectivity index is 2.15. The molecule has 5 heteroatoms. The number of aliphatic hydroxyl groups is 4. The first-order valence-corrected chi connectivity index (χ1v) is 4.56. The van der Waals surface area contributed by atoms with Gasteiger partial charge in [-0.25, -0.2) is 0 Å². The summed E-state index contributed by atoms with van der Waals surface area (Å²) in [6.07, 6.45) is -1.69. The Labute approximate surface area is 76.2 Å². The molecule has 2 rings (SSSR count). The highest BCUT2D eigenvalue weighted by Gasteiger charge is 2.51. The van der Waals surface area contributed by atoms with Gasteiger partial charge >= 0.3 is 0 Å². The van der Waals surface area contributed by atoms with Crippen LogP contribution in [0.4, 0.5) is 0 Å². The summed E-state index contributed by atoms with van der Waals surface area (Å²) in [5, 5.41) is 37.4. The zero-order valence-electron chi connectivity index (χ0n) is 7.24. The molecule has 0 bridgehead atoms. The molecule has 0 aromatic heterocycles. The monoisotopic (exact) mass is 189 g/mol. The van der Waals surface area contributed by atoms with E-state index in [9.17, 15) is 15.3 Å². The van der Waals surface area contributed by atoms with Crippen LogP contribution in [-0.4, -0.2) is 68.9 Å². The second kappa shape index (κ2) is 3.18. The second-order valence-corrected chi connectivity index (χ2v) is 3.88. The molecule has 0 amide bonds. The van der Waals surface area contributed by atoms with Crippen molar-refractivity contribution < 1.29 is 20.4 Å². The summed E-state index contributed by atoms with van der Waals surface area (Å²) < 4.78 is 0. The van der Waals surface area contributed by atoms with Crippen LogP contribution in [0.1, 0.15) is 6.42 Å². The summed E-state index contributed by atoms with van der Waals surface area (Å²) >= 11 is 0. The van der Waals surface area contributed by atoms with Crippen molar-refractivity contribution in [3.8, 4) is 0 Å². The first-order chi connectivity index (χ1) is 6.15. The van der Waals surface area contributed by atoms with Crippen LogP contribution in [0.25, 0.3) is 0 Å². The van der Waals surface area contributed by atoms with Crippen molar-refractivity contribution in [2.75, 3.05) is 13.2 Å². The average molecular weight is 189 g/mol. The van der Waals surface area contributed by atoms with Crippen LogP contribution in [0, 0.1) is 0 Å². The Hall–Kier alpha value is -0.200. The van der Waals surface area contributed by atoms with Gasteiger partial charge in [-0.2, -0.15) is 0 Å². The number of hydrogen-bond donors (Lipinski definition) is 4. The average Bonchev–Trinajstić information content (AvgIpc) is 2.54. The van der Waals surface area contributed by atoms with Crippen LogP contribution in [0.3, 0.4) is 0 Å². The number of hydrogen-bond acceptors (Lipinski definition) is 5. The summed E-state index contributed by atoms with van der Waals surface area (Å²) in [6.45, 7) is 0.255. The summed E-state index contributed by atoms with van der Waals surface area (Å²) in [4.78, 5) is 1.79. The lowest BCUT2D eigenvalue weighted by atomic mass is 10.0. The van der Waals surface area contributed by atoms with Gasteiger partial charge in [-0.3, -0.25) is 4.90 Å². The fourth-order valence-electron chi connectivity index (χ4n) is 2.45. The van der Waals surface area contributed by atoms with Gasteiger partial charge in [0.05, 0.1) is 31.0 Å². The SMILES string of the molecule is OC[C@H]1[C@@H](O)[C@H](O)[C@@H]2C[C@H](O)CN12. The number of fused-ring (bicyclic) bond motifs is 1. The van der Waals surface area contributed by atoms with Crippen molar-refractivity contribution in [1.29, 1.82) is 0 Å². The van der Waals surface area contributed by atoms with Gasteiger partial charge in [0.25, 0.3) is 0 Å². The molecule has 0 aliphatic carbocycles. The lowest BCUT2D eigenvalue weighted by Crippen LogP contribution is -2.40. The van der Waals surface area contributed by atoms with Crippen LogP contribution in [0.5, 0.6) is 0 Å². The highest BCUT2D eigenvalue weighted by molar-refractivity contribution is 5.05. The molecule has 2 aliphatic rings. The zero-order chi connectivity index (χ0) is 9.59. The highest BCUT2D eigenvalue weighted by Crippen LogP contribution is 2.32. The van der Waals surface area contributed by atoms with Crippen LogP contribution in [0.2, 0.25) is 0 Å². The number of nitrogens with zero attached hydrogens (tertiary/aromatic N) is 1. The minimum atomic E-state index is -0.887. The van der Waals surface area contributed by atoms with E-state index in [2.05, 4.69) is 0 Å². The van der Waals surface area contributed by atoms with E-state index in [0.717, 1.165) is 0 Å². The molecular weight excluding hydrogens is 174 g/mol. The summed E-state index contributed by atoms with van der Waals surface area (Å²) in [5.74, 6) is 0. The summed E-state index contributed by atoms with van der Waals surface area (Å²) in [7, 11) is 0. The third kappa shape index (κ3) is 1.28. The molecule has 2 heterocycles. The minimum absolute atomic E-state index is 0.179. The fraction of sp³-hybridized carbons (Fsp3) is 1.00. The van der Waals surface area contributed by atoms with Crippen molar-refractivity contribution in [2.24, 2.45) is 0 Å². The van der Waals surface area contributed by atoms with Crippen LogP contribution in [0.15, 0.2) is 0 Å². The van der Waals surface area contributed by atoms with Gasteiger partial charge in [0.15, 0.2) is 0 Å². The van der Waals surface area contributed by atoms with Crippen molar-refractivity contribution in [2.45, 2.75) is 36.8 Å². The lowest BCUT2D eigenvalue weighted by Gasteiger charge is -2.22. The van der Waals surface area contributed by atoms with E-state index in [1.54, 1.807) is 4.90 Å². The van der Waals surface area contributed by atoms with Gasteiger partial charge in [-0.1, -0.05) is 0 Å². The Kier molecular flexibility index (Phi) is 2.29. The van der Waals surface area contributed by atoms with E-state index in [1.807, 2.05) is 0 Å². The molecule has 2 saturated heterocycles. The summed E-state index contributed by atoms with van der Waals surface area (Å²) in [6, 6.07) is -0.612. The predicted molar refractivity (Wildman–Crippen MR) is 44.0 cm³/mol. The first kappa shape index (κ1) is 9.36. The maximum absolute atomic E-state index is 9.57. The Morgan fingerprint density at radius 3 is 2.46 bits per heavy atom. The van der Waals surface area contributed by atoms with E-state index in [-0.39, 0.29) is 12.6 Å². The maximum atomic E-state index is 9.57. The highest BCUT2D eigenvalue weighted by atomic mass is 16.3. The van der Waals surface area contributed by atoms with E-state index >= 15 is 0 Å². The summed E-state index contributed by atoms with van der Waals surface area (Å²) in [5.41, 5.74) is 0. The topological polar surface area (TPSA) is 84.2 Å². The Morgan fingerprint density at radius 2 is 1.85 bits per heavy atom. The second-order valence-electron chi connectivity index (χ2n) is 3.88. The first-order valence-electron chi connectivity index (χ1n) is 4.56. The van der Waals surface area contributed by atoms with Crippen LogP contribution < -0.4 is 0 Å². The molecule has 2 fully saturated rings. The molecule has 5 nitrogen and oxygen atoms in total. The predicted octanol–water partition coefficient (Wildman–Crippen LogP) is -2.48. The van der Waals surface area contributed by atoms with Gasteiger partial charge in [0.2, 0.25) is 0 Å². The van der Waals surface area contributed by atoms with Gasteiger partial charge in [0.1, 0.15) is 0 Å². The van der Waals surface area contributed by atoms with Crippen LogP contribution in [-0.2, 0) is 0 Å². The van der Waals surface area contributed by atoms with Gasteiger partial charge in [-0.15, -0.1) is 0 Å². The molecule has 0 unspecified atom stereocenters. The molecule has 0 saturated carbocycles. The molecule has 5 atom stereocenters. The smallest absolute Gasteiger partial charge is 0.0991 e. The molecule has 0 spiro atoms. The third-order valence-electron chi connectivity index (χ3n) is 3.11. The zero-order valence-corrected chi connectivity index (χ0v) is 7.24. The third-order valence-corrected chi connectivity index (χ3v) is 3.11. The van der Waals surface area contributed by atoms with Gasteiger partial charge in [0, 0.05) is 12.6 Å². The van der Waals surface area contributed by atoms with Crippen molar-refractivity contribution in [3.63, 3.8) is 0 Å². The van der Waals surface area contributed by atoms with Crippen LogP contribution >= 0.6 is 0 Å². The van der Waals surface area contributed by atoms with Gasteiger partial charge in [-0.05, 0) is 6.42 Å². The fourth-order valence-corrected chi connectivity index (χ4v) is 2.45. The molecule has 0 aromatic carbocycles. The van der Waals surface area contributed by atoms with E-state index < -0.39 is 24.4 Å². The van der Waals surface area contributed by atoms with Crippen molar-refractivity contribution >= 4 is 0 Å². The molecule has 4 N–H and O–H groups in total. The standard InChI is InChI=1S/C8H15NO4/c10-3-6-8(13)7(12)5-1-4(11)2-9(5)6/h4-8,10-13H,1-3H2/t4-,5-,6-,7+,8+/m0/s1. The minimum Gasteiger partial charge on any atom is -0.395 e. The molecule has 0 aromatic rings. The van der Waals surface area contributed by atoms with Gasteiger partial charge < -0.3 is 20.4 Å². The largest absolute Gasteiger partial charge is 0.395 e.